The van der Waals surface area contributed by atoms with Crippen LogP contribution in [0.15, 0.2) is 53.5 Å². The molecule has 2 aromatic rings. The number of nitrogens with zero attached hydrogens (tertiary/aromatic N) is 1. The van der Waals surface area contributed by atoms with Crippen molar-refractivity contribution in [2.45, 2.75) is 12.5 Å². The number of benzene rings is 2. The molecule has 0 radical (unpaired) electrons. The van der Waals surface area contributed by atoms with Crippen molar-refractivity contribution in [2.24, 2.45) is 10.7 Å². The Hall–Kier alpha value is -2.00. The van der Waals surface area contributed by atoms with Crippen molar-refractivity contribution in [3.63, 3.8) is 0 Å². The topological polar surface area (TPSA) is 88.7 Å². The third-order valence-electron chi connectivity index (χ3n) is 4.08. The molecule has 4 N–H and O–H groups in total. The maximum atomic E-state index is 12.1. The van der Waals surface area contributed by atoms with E-state index in [1.54, 1.807) is 24.3 Å². The van der Waals surface area contributed by atoms with E-state index in [1.807, 2.05) is 24.3 Å². The van der Waals surface area contributed by atoms with Crippen molar-refractivity contribution in [1.82, 2.24) is 10.6 Å². The van der Waals surface area contributed by atoms with Gasteiger partial charge in [-0.15, -0.1) is 24.0 Å². The number of para-hydroxylation sites is 1. The monoisotopic (exact) mass is 500 g/mol. The first-order valence-electron chi connectivity index (χ1n) is 8.46. The van der Waals surface area contributed by atoms with E-state index >= 15 is 0 Å². The van der Waals surface area contributed by atoms with E-state index in [0.29, 0.717) is 36.2 Å². The predicted octanol–water partition coefficient (Wildman–Crippen LogP) is 3.12. The standard InChI is InChI=1S/C19H21ClN4O2.HI/c20-15-7-3-1-5-13(15)18(25)22-10-11-23-19(21)24-16-9-12-26-17-8-4-2-6-14(16)17;/h1-8,16H,9-12H2,(H,22,25)(H3,21,23,24);1H. The minimum absolute atomic E-state index is 0. The van der Waals surface area contributed by atoms with Crippen LogP contribution in [0.3, 0.4) is 0 Å². The Morgan fingerprint density at radius 2 is 1.96 bits per heavy atom. The van der Waals surface area contributed by atoms with Crippen LogP contribution in [-0.2, 0) is 0 Å². The second kappa shape index (κ2) is 10.4. The molecule has 0 bridgehead atoms. The molecule has 0 aliphatic carbocycles. The molecule has 0 spiro atoms. The summed E-state index contributed by atoms with van der Waals surface area (Å²) in [6.45, 7) is 1.38. The molecule has 1 aliphatic heterocycles. The summed E-state index contributed by atoms with van der Waals surface area (Å²) in [5.41, 5.74) is 7.50. The molecule has 3 rings (SSSR count). The Bertz CT molecular complexity index is 816. The van der Waals surface area contributed by atoms with E-state index in [1.165, 1.54) is 0 Å². The molecule has 2 aromatic carbocycles. The van der Waals surface area contributed by atoms with Crippen LogP contribution in [0.2, 0.25) is 5.02 Å². The fourth-order valence-corrected chi connectivity index (χ4v) is 3.02. The number of amides is 1. The van der Waals surface area contributed by atoms with Crippen LogP contribution >= 0.6 is 35.6 Å². The average Bonchev–Trinajstić information content (AvgIpc) is 2.66. The Balaban J connectivity index is 0.00000261. The van der Waals surface area contributed by atoms with Gasteiger partial charge in [-0.25, -0.2) is 0 Å². The lowest BCUT2D eigenvalue weighted by molar-refractivity contribution is 0.0955. The van der Waals surface area contributed by atoms with E-state index in [2.05, 4.69) is 15.6 Å². The largest absolute Gasteiger partial charge is 0.493 e. The molecule has 144 valence electrons. The van der Waals surface area contributed by atoms with Crippen molar-refractivity contribution in [3.05, 3.63) is 64.7 Å². The van der Waals surface area contributed by atoms with Gasteiger partial charge in [0.25, 0.3) is 5.91 Å². The first-order valence-corrected chi connectivity index (χ1v) is 8.84. The number of aliphatic imine (C=N–C) groups is 1. The summed E-state index contributed by atoms with van der Waals surface area (Å²) in [6, 6.07) is 14.9. The quantitative estimate of drug-likeness (QED) is 0.255. The first kappa shape index (κ1) is 21.3. The van der Waals surface area contributed by atoms with E-state index < -0.39 is 0 Å². The van der Waals surface area contributed by atoms with Gasteiger partial charge in [-0.05, 0) is 18.2 Å². The van der Waals surface area contributed by atoms with Gasteiger partial charge in [-0.2, -0.15) is 0 Å². The lowest BCUT2D eigenvalue weighted by Gasteiger charge is -2.26. The summed E-state index contributed by atoms with van der Waals surface area (Å²) in [5.74, 6) is 0.991. The second-order valence-corrected chi connectivity index (χ2v) is 6.28. The molecule has 1 atom stereocenters. The summed E-state index contributed by atoms with van der Waals surface area (Å²) in [5, 5.41) is 6.42. The second-order valence-electron chi connectivity index (χ2n) is 5.87. The van der Waals surface area contributed by atoms with Crippen LogP contribution in [-0.4, -0.2) is 31.6 Å². The summed E-state index contributed by atoms with van der Waals surface area (Å²) in [7, 11) is 0. The highest BCUT2D eigenvalue weighted by Gasteiger charge is 2.21. The summed E-state index contributed by atoms with van der Waals surface area (Å²) in [6.07, 6.45) is 0.816. The Kier molecular flexibility index (Phi) is 8.18. The number of nitrogens with one attached hydrogen (secondary N) is 2. The zero-order valence-corrected chi connectivity index (χ0v) is 17.7. The van der Waals surface area contributed by atoms with Crippen molar-refractivity contribution >= 4 is 47.4 Å². The molecule has 6 nitrogen and oxygen atoms in total. The summed E-state index contributed by atoms with van der Waals surface area (Å²) >= 11 is 6.00. The number of carbonyl (C=O) groups excluding carboxylic acids is 1. The van der Waals surface area contributed by atoms with Crippen molar-refractivity contribution in [2.75, 3.05) is 19.7 Å². The normalized spacial score (nSPS) is 15.7. The fraction of sp³-hybridized carbons (Fsp3) is 0.263. The Morgan fingerprint density at radius 1 is 1.22 bits per heavy atom. The summed E-state index contributed by atoms with van der Waals surface area (Å²) < 4.78 is 5.63. The van der Waals surface area contributed by atoms with Gasteiger partial charge in [0.15, 0.2) is 5.96 Å². The zero-order chi connectivity index (χ0) is 18.4. The number of hydrogen-bond acceptors (Lipinski definition) is 3. The average molecular weight is 501 g/mol. The van der Waals surface area contributed by atoms with Crippen molar-refractivity contribution in [1.29, 1.82) is 0 Å². The van der Waals surface area contributed by atoms with Crippen LogP contribution in [0.1, 0.15) is 28.4 Å². The van der Waals surface area contributed by atoms with Crippen molar-refractivity contribution in [3.8, 4) is 5.75 Å². The number of nitrogens with two attached hydrogens (primary N) is 1. The van der Waals surface area contributed by atoms with E-state index in [4.69, 9.17) is 22.1 Å². The molecule has 0 saturated carbocycles. The lowest BCUT2D eigenvalue weighted by atomic mass is 10.0. The van der Waals surface area contributed by atoms with E-state index in [9.17, 15) is 4.79 Å². The van der Waals surface area contributed by atoms with Gasteiger partial charge < -0.3 is 21.1 Å². The van der Waals surface area contributed by atoms with Gasteiger partial charge in [-0.1, -0.05) is 41.9 Å². The number of ether oxygens (including phenoxy) is 1. The van der Waals surface area contributed by atoms with Gasteiger partial charge >= 0.3 is 0 Å². The molecule has 0 aromatic heterocycles. The smallest absolute Gasteiger partial charge is 0.252 e. The number of carbonyl (C=O) groups is 1. The molecule has 27 heavy (non-hydrogen) atoms. The highest BCUT2D eigenvalue weighted by molar-refractivity contribution is 14.0. The molecule has 8 heteroatoms. The molecule has 0 saturated heterocycles. The number of hydrogen-bond donors (Lipinski definition) is 3. The number of fused-ring (bicyclic) bond motifs is 1. The number of halogens is 2. The lowest BCUT2D eigenvalue weighted by Crippen LogP contribution is -2.38. The predicted molar refractivity (Wildman–Crippen MR) is 118 cm³/mol. The highest BCUT2D eigenvalue weighted by Crippen LogP contribution is 2.31. The van der Waals surface area contributed by atoms with Crippen molar-refractivity contribution < 1.29 is 9.53 Å². The third kappa shape index (κ3) is 5.74. The zero-order valence-electron chi connectivity index (χ0n) is 14.7. The minimum atomic E-state index is -0.226. The fourth-order valence-electron chi connectivity index (χ4n) is 2.80. The first-order chi connectivity index (χ1) is 12.6. The van der Waals surface area contributed by atoms with Crippen LogP contribution < -0.4 is 21.1 Å². The van der Waals surface area contributed by atoms with Gasteiger partial charge in [0.1, 0.15) is 5.75 Å². The van der Waals surface area contributed by atoms with E-state index in [0.717, 1.165) is 17.7 Å². The molecule has 1 heterocycles. The summed E-state index contributed by atoms with van der Waals surface area (Å²) in [4.78, 5) is 16.3. The highest BCUT2D eigenvalue weighted by atomic mass is 127. The third-order valence-corrected chi connectivity index (χ3v) is 4.41. The van der Waals surface area contributed by atoms with Gasteiger partial charge in [0.2, 0.25) is 0 Å². The number of rotatable bonds is 5. The molecular weight excluding hydrogens is 479 g/mol. The molecule has 1 amide bonds. The molecule has 1 unspecified atom stereocenters. The maximum absolute atomic E-state index is 12.1. The van der Waals surface area contributed by atoms with Gasteiger partial charge in [0, 0.05) is 18.5 Å². The Labute approximate surface area is 180 Å². The van der Waals surface area contributed by atoms with Gasteiger partial charge in [0.05, 0.1) is 29.8 Å². The van der Waals surface area contributed by atoms with Crippen LogP contribution in [0.4, 0.5) is 0 Å². The molecule has 1 aliphatic rings. The molecular formula is C19H22ClIN4O2. The van der Waals surface area contributed by atoms with Crippen LogP contribution in [0.25, 0.3) is 0 Å². The molecule has 0 fully saturated rings. The SMILES string of the molecule is I.NC(=NCCNC(=O)c1ccccc1Cl)NC1CCOc2ccccc21. The van der Waals surface area contributed by atoms with E-state index in [-0.39, 0.29) is 35.9 Å². The Morgan fingerprint density at radius 3 is 2.78 bits per heavy atom. The van der Waals surface area contributed by atoms with Crippen LogP contribution in [0, 0.1) is 0 Å². The van der Waals surface area contributed by atoms with Crippen LogP contribution in [0.5, 0.6) is 5.75 Å². The maximum Gasteiger partial charge on any atom is 0.252 e. The minimum Gasteiger partial charge on any atom is -0.493 e. The number of guanidine groups is 1. The van der Waals surface area contributed by atoms with Gasteiger partial charge in [-0.3, -0.25) is 9.79 Å².